The summed E-state index contributed by atoms with van der Waals surface area (Å²) in [7, 11) is -7.39. The fourth-order valence-electron chi connectivity index (χ4n) is 2.12. The van der Waals surface area contributed by atoms with Crippen LogP contribution in [0.3, 0.4) is 0 Å². The molecule has 2 heterocycles. The van der Waals surface area contributed by atoms with E-state index in [0.717, 1.165) is 21.8 Å². The van der Waals surface area contributed by atoms with E-state index in [1.54, 1.807) is 6.92 Å². The lowest BCUT2D eigenvalue weighted by atomic mass is 10.2. The number of carboxylic acid groups (broad SMARTS) is 1. The lowest BCUT2D eigenvalue weighted by Gasteiger charge is -2.24. The van der Waals surface area contributed by atoms with Crippen LogP contribution in [0.2, 0.25) is 0 Å². The smallest absolute Gasteiger partial charge is 0.318 e. The van der Waals surface area contributed by atoms with E-state index in [-0.39, 0.29) is 22.1 Å². The number of sulfone groups is 1. The molecule has 1 aromatic heterocycles. The van der Waals surface area contributed by atoms with Gasteiger partial charge in [0.2, 0.25) is 0 Å². The van der Waals surface area contributed by atoms with E-state index in [1.807, 2.05) is 0 Å². The maximum atomic E-state index is 12.5. The van der Waals surface area contributed by atoms with E-state index in [0.29, 0.717) is 5.01 Å². The summed E-state index contributed by atoms with van der Waals surface area (Å²) in [6, 6.07) is -0.849. The fourth-order valence-corrected chi connectivity index (χ4v) is 6.79. The van der Waals surface area contributed by atoms with Crippen LogP contribution >= 0.6 is 11.3 Å². The van der Waals surface area contributed by atoms with Crippen LogP contribution in [-0.4, -0.2) is 61.3 Å². The molecule has 1 fully saturated rings. The summed E-state index contributed by atoms with van der Waals surface area (Å²) in [5, 5.41) is 9.45. The zero-order chi connectivity index (χ0) is 15.8. The number of sulfonamides is 1. The summed E-state index contributed by atoms with van der Waals surface area (Å²) < 4.78 is 48.8. The summed E-state index contributed by atoms with van der Waals surface area (Å²) in [5.41, 5.74) is 0. The van der Waals surface area contributed by atoms with Gasteiger partial charge in [-0.25, -0.2) is 21.8 Å². The van der Waals surface area contributed by atoms with Crippen LogP contribution < -0.4 is 0 Å². The van der Waals surface area contributed by atoms with Gasteiger partial charge in [-0.2, -0.15) is 4.31 Å². The Morgan fingerprint density at radius 2 is 2.24 bits per heavy atom. The van der Waals surface area contributed by atoms with E-state index < -0.39 is 38.4 Å². The van der Waals surface area contributed by atoms with Gasteiger partial charge in [0.15, 0.2) is 14.0 Å². The SMILES string of the molecule is Cc1ncc(S(=O)(=O)N(CC(=O)O)C2CCS(=O)(=O)C2)s1. The monoisotopic (exact) mass is 354 g/mol. The molecule has 1 aromatic rings. The van der Waals surface area contributed by atoms with Crippen LogP contribution in [-0.2, 0) is 24.7 Å². The van der Waals surface area contributed by atoms with Crippen LogP contribution in [0.15, 0.2) is 10.4 Å². The predicted molar refractivity (Wildman–Crippen MR) is 75.4 cm³/mol. The van der Waals surface area contributed by atoms with E-state index in [9.17, 15) is 21.6 Å². The third-order valence-electron chi connectivity index (χ3n) is 3.07. The highest BCUT2D eigenvalue weighted by Gasteiger charge is 2.40. The molecule has 1 saturated heterocycles. The van der Waals surface area contributed by atoms with Crippen LogP contribution in [0.25, 0.3) is 0 Å². The first-order chi connectivity index (χ1) is 9.62. The first-order valence-electron chi connectivity index (χ1n) is 5.98. The van der Waals surface area contributed by atoms with Crippen LogP contribution in [0, 0.1) is 6.92 Å². The molecule has 1 N–H and O–H groups in total. The molecule has 8 nitrogen and oxygen atoms in total. The predicted octanol–water partition coefficient (Wildman–Crippen LogP) is -0.286. The Kier molecular flexibility index (Phi) is 4.38. The Morgan fingerprint density at radius 1 is 1.57 bits per heavy atom. The number of aliphatic carboxylic acids is 1. The second-order valence-electron chi connectivity index (χ2n) is 4.70. The van der Waals surface area contributed by atoms with Crippen molar-refractivity contribution < 1.29 is 26.7 Å². The molecule has 1 aliphatic rings. The van der Waals surface area contributed by atoms with Crippen molar-refractivity contribution in [3.05, 3.63) is 11.2 Å². The van der Waals surface area contributed by atoms with Gasteiger partial charge in [-0.05, 0) is 13.3 Å². The Balaban J connectivity index is 2.38. The molecular weight excluding hydrogens is 340 g/mol. The number of nitrogens with zero attached hydrogens (tertiary/aromatic N) is 2. The lowest BCUT2D eigenvalue weighted by Crippen LogP contribution is -2.43. The van der Waals surface area contributed by atoms with Crippen molar-refractivity contribution in [2.45, 2.75) is 23.6 Å². The summed E-state index contributed by atoms with van der Waals surface area (Å²) in [5.74, 6) is -1.81. The molecule has 0 bridgehead atoms. The number of rotatable bonds is 5. The number of hydrogen-bond donors (Lipinski definition) is 1. The van der Waals surface area contributed by atoms with Gasteiger partial charge in [0.1, 0.15) is 6.54 Å². The van der Waals surface area contributed by atoms with Gasteiger partial charge >= 0.3 is 5.97 Å². The minimum atomic E-state index is -4.06. The molecule has 0 amide bonds. The molecule has 0 aromatic carbocycles. The quantitative estimate of drug-likeness (QED) is 0.771. The standard InChI is InChI=1S/C10H14N2O6S3/c1-7-11-4-10(19-7)21(17,18)12(5-9(13)14)8-2-3-20(15,16)6-8/h4,8H,2-3,5-6H2,1H3,(H,13,14). The normalized spacial score (nSPS) is 21.7. The van der Waals surface area contributed by atoms with E-state index in [4.69, 9.17) is 5.11 Å². The summed E-state index contributed by atoms with van der Waals surface area (Å²) in [6.45, 7) is 0.866. The Labute approximate surface area is 126 Å². The molecule has 1 unspecified atom stereocenters. The van der Waals surface area contributed by atoms with Crippen molar-refractivity contribution in [3.63, 3.8) is 0 Å². The third-order valence-corrected chi connectivity index (χ3v) is 8.07. The van der Waals surface area contributed by atoms with Crippen LogP contribution in [0.1, 0.15) is 11.4 Å². The summed E-state index contributed by atoms with van der Waals surface area (Å²) in [4.78, 5) is 14.8. The number of aryl methyl sites for hydroxylation is 1. The average Bonchev–Trinajstić information content (AvgIpc) is 2.92. The largest absolute Gasteiger partial charge is 0.480 e. The minimum absolute atomic E-state index is 0.0782. The molecule has 21 heavy (non-hydrogen) atoms. The van der Waals surface area contributed by atoms with Gasteiger partial charge in [-0.15, -0.1) is 11.3 Å². The third kappa shape index (κ3) is 3.59. The zero-order valence-corrected chi connectivity index (χ0v) is 13.5. The molecule has 0 aliphatic carbocycles. The number of aromatic nitrogens is 1. The van der Waals surface area contributed by atoms with Gasteiger partial charge in [-0.3, -0.25) is 4.79 Å². The van der Waals surface area contributed by atoms with Crippen molar-refractivity contribution in [1.82, 2.24) is 9.29 Å². The number of thiazole rings is 1. The maximum absolute atomic E-state index is 12.5. The maximum Gasteiger partial charge on any atom is 0.318 e. The highest BCUT2D eigenvalue weighted by Crippen LogP contribution is 2.27. The average molecular weight is 354 g/mol. The molecular formula is C10H14N2O6S3. The molecule has 118 valence electrons. The molecule has 11 heteroatoms. The van der Waals surface area contributed by atoms with Crippen molar-refractivity contribution in [3.8, 4) is 0 Å². The molecule has 2 rings (SSSR count). The van der Waals surface area contributed by atoms with E-state index in [2.05, 4.69) is 4.98 Å². The Hall–Kier alpha value is -1.04. The zero-order valence-electron chi connectivity index (χ0n) is 11.1. The Bertz CT molecular complexity index is 752. The van der Waals surface area contributed by atoms with Crippen molar-refractivity contribution in [2.24, 2.45) is 0 Å². The van der Waals surface area contributed by atoms with Crippen LogP contribution in [0.5, 0.6) is 0 Å². The first kappa shape index (κ1) is 16.3. The number of carboxylic acids is 1. The highest BCUT2D eigenvalue weighted by atomic mass is 32.2. The van der Waals surface area contributed by atoms with Gasteiger partial charge in [0.25, 0.3) is 10.0 Å². The molecule has 0 saturated carbocycles. The van der Waals surface area contributed by atoms with Gasteiger partial charge in [0.05, 0.1) is 22.7 Å². The Morgan fingerprint density at radius 3 is 2.67 bits per heavy atom. The molecule has 0 spiro atoms. The van der Waals surface area contributed by atoms with Crippen molar-refractivity contribution in [2.75, 3.05) is 18.1 Å². The lowest BCUT2D eigenvalue weighted by molar-refractivity contribution is -0.137. The van der Waals surface area contributed by atoms with E-state index >= 15 is 0 Å². The summed E-state index contributed by atoms with van der Waals surface area (Å²) in [6.07, 6.45) is 1.26. The summed E-state index contributed by atoms with van der Waals surface area (Å²) >= 11 is 0.926. The molecule has 1 aliphatic heterocycles. The van der Waals surface area contributed by atoms with Gasteiger partial charge in [0, 0.05) is 6.04 Å². The number of carbonyl (C=O) groups is 1. The van der Waals surface area contributed by atoms with Crippen LogP contribution in [0.4, 0.5) is 0 Å². The topological polar surface area (TPSA) is 122 Å². The first-order valence-corrected chi connectivity index (χ1v) is 10.1. The van der Waals surface area contributed by atoms with Crippen molar-refractivity contribution >= 4 is 37.2 Å². The number of hydrogen-bond acceptors (Lipinski definition) is 7. The highest BCUT2D eigenvalue weighted by molar-refractivity contribution is 7.92. The van der Waals surface area contributed by atoms with Gasteiger partial charge < -0.3 is 5.11 Å². The van der Waals surface area contributed by atoms with Crippen molar-refractivity contribution in [1.29, 1.82) is 0 Å². The molecule has 1 atom stereocenters. The van der Waals surface area contributed by atoms with E-state index in [1.165, 1.54) is 0 Å². The fraction of sp³-hybridized carbons (Fsp3) is 0.600. The second-order valence-corrected chi connectivity index (χ2v) is 10.3. The van der Waals surface area contributed by atoms with Gasteiger partial charge in [-0.1, -0.05) is 0 Å². The molecule has 0 radical (unpaired) electrons. The minimum Gasteiger partial charge on any atom is -0.480 e. The second kappa shape index (κ2) is 5.63.